The topological polar surface area (TPSA) is 42.1 Å². The molecule has 0 fully saturated rings. The first-order valence-electron chi connectivity index (χ1n) is 6.61. The Balaban J connectivity index is 2.06. The van der Waals surface area contributed by atoms with Crippen LogP contribution in [-0.2, 0) is 6.42 Å². The summed E-state index contributed by atoms with van der Waals surface area (Å²) in [6.07, 6.45) is 2.30. The Morgan fingerprint density at radius 2 is 1.90 bits per heavy atom. The van der Waals surface area contributed by atoms with E-state index < -0.39 is 0 Å². The molecule has 106 valence electrons. The molecule has 21 heavy (non-hydrogen) atoms. The number of aromatic nitrogens is 1. The highest BCUT2D eigenvalue weighted by molar-refractivity contribution is 5.84. The summed E-state index contributed by atoms with van der Waals surface area (Å²) in [4.78, 5) is 14.5. The van der Waals surface area contributed by atoms with Gasteiger partial charge in [-0.3, -0.25) is 4.79 Å². The molecule has 0 unspecified atom stereocenters. The first-order chi connectivity index (χ1) is 10.2. The number of methoxy groups -OCH3 is 1. The van der Waals surface area contributed by atoms with Crippen LogP contribution in [-0.4, -0.2) is 12.1 Å². The molecule has 1 N–H and O–H groups in total. The monoisotopic (exact) mass is 283 g/mol. The Kier molecular flexibility index (Phi) is 3.44. The highest BCUT2D eigenvalue weighted by Gasteiger charge is 2.08. The molecule has 4 heteroatoms. The molecule has 2 aromatic carbocycles. The van der Waals surface area contributed by atoms with Gasteiger partial charge < -0.3 is 9.72 Å². The van der Waals surface area contributed by atoms with Crippen molar-refractivity contribution in [3.8, 4) is 5.75 Å². The Morgan fingerprint density at radius 1 is 1.14 bits per heavy atom. The number of fused-ring (bicyclic) bond motifs is 1. The highest BCUT2D eigenvalue weighted by Crippen LogP contribution is 2.22. The average molecular weight is 283 g/mol. The van der Waals surface area contributed by atoms with Crippen molar-refractivity contribution in [2.24, 2.45) is 0 Å². The number of pyridine rings is 1. The lowest BCUT2D eigenvalue weighted by Crippen LogP contribution is -2.07. The van der Waals surface area contributed by atoms with E-state index in [0.29, 0.717) is 11.8 Å². The first-order valence-corrected chi connectivity index (χ1v) is 6.61. The number of ether oxygens (including phenoxy) is 1. The molecule has 0 aliphatic rings. The number of rotatable bonds is 3. The van der Waals surface area contributed by atoms with Crippen LogP contribution in [0.2, 0.25) is 0 Å². The van der Waals surface area contributed by atoms with E-state index in [9.17, 15) is 9.18 Å². The minimum atomic E-state index is -0.382. The lowest BCUT2D eigenvalue weighted by molar-refractivity contribution is 0.386. The molecular weight excluding hydrogens is 269 g/mol. The van der Waals surface area contributed by atoms with Gasteiger partial charge in [-0.15, -0.1) is 0 Å². The average Bonchev–Trinajstić information content (AvgIpc) is 2.52. The summed E-state index contributed by atoms with van der Waals surface area (Å²) in [6.45, 7) is 0. The molecule has 0 saturated heterocycles. The van der Waals surface area contributed by atoms with Gasteiger partial charge in [0.15, 0.2) is 11.6 Å². The van der Waals surface area contributed by atoms with E-state index in [2.05, 4.69) is 4.98 Å². The minimum Gasteiger partial charge on any atom is -0.494 e. The van der Waals surface area contributed by atoms with Crippen molar-refractivity contribution in [1.82, 2.24) is 4.98 Å². The van der Waals surface area contributed by atoms with Gasteiger partial charge in [-0.1, -0.05) is 24.3 Å². The summed E-state index contributed by atoms with van der Waals surface area (Å²) in [5, 5.41) is 1.56. The molecule has 3 nitrogen and oxygen atoms in total. The van der Waals surface area contributed by atoms with Crippen molar-refractivity contribution < 1.29 is 9.13 Å². The van der Waals surface area contributed by atoms with Crippen LogP contribution in [0, 0.1) is 5.82 Å². The molecule has 0 spiro atoms. The van der Waals surface area contributed by atoms with Crippen molar-refractivity contribution in [1.29, 1.82) is 0 Å². The van der Waals surface area contributed by atoms with Crippen LogP contribution in [0.25, 0.3) is 10.8 Å². The molecule has 0 saturated carbocycles. The Bertz CT molecular complexity index is 855. The molecule has 0 atom stereocenters. The number of nitrogens with one attached hydrogen (secondary N) is 1. The summed E-state index contributed by atoms with van der Waals surface area (Å²) in [5.41, 5.74) is 1.80. The van der Waals surface area contributed by atoms with Crippen LogP contribution >= 0.6 is 0 Å². The SMILES string of the molecule is COc1cc(Cc2c[nH]c(=O)c3ccccc23)ccc1F. The molecular formula is C17H14FNO2. The molecule has 0 bridgehead atoms. The normalized spacial score (nSPS) is 10.8. The molecule has 3 aromatic rings. The maximum atomic E-state index is 13.4. The third kappa shape index (κ3) is 2.52. The van der Waals surface area contributed by atoms with Gasteiger partial charge in [0.2, 0.25) is 0 Å². The molecule has 3 rings (SSSR count). The number of halogens is 1. The minimum absolute atomic E-state index is 0.106. The second kappa shape index (κ2) is 5.40. The van der Waals surface area contributed by atoms with Gasteiger partial charge in [0.05, 0.1) is 7.11 Å². The van der Waals surface area contributed by atoms with Gasteiger partial charge in [-0.25, -0.2) is 4.39 Å². The summed E-state index contributed by atoms with van der Waals surface area (Å²) < 4.78 is 18.4. The Hall–Kier alpha value is -2.62. The molecule has 0 amide bonds. The van der Waals surface area contributed by atoms with Crippen LogP contribution in [0.1, 0.15) is 11.1 Å². The van der Waals surface area contributed by atoms with E-state index in [1.165, 1.54) is 13.2 Å². The summed E-state index contributed by atoms with van der Waals surface area (Å²) in [7, 11) is 1.44. The van der Waals surface area contributed by atoms with Gasteiger partial charge in [-0.2, -0.15) is 0 Å². The fourth-order valence-corrected chi connectivity index (χ4v) is 2.45. The van der Waals surface area contributed by atoms with Gasteiger partial charge in [0, 0.05) is 11.6 Å². The fraction of sp³-hybridized carbons (Fsp3) is 0.118. The largest absolute Gasteiger partial charge is 0.494 e. The second-order valence-corrected chi connectivity index (χ2v) is 4.83. The van der Waals surface area contributed by atoms with E-state index >= 15 is 0 Å². The summed E-state index contributed by atoms with van der Waals surface area (Å²) >= 11 is 0. The Labute approximate surface area is 121 Å². The number of aromatic amines is 1. The number of benzene rings is 2. The van der Waals surface area contributed by atoms with Crippen molar-refractivity contribution >= 4 is 10.8 Å². The highest BCUT2D eigenvalue weighted by atomic mass is 19.1. The van der Waals surface area contributed by atoms with Gasteiger partial charge in [0.1, 0.15) is 0 Å². The second-order valence-electron chi connectivity index (χ2n) is 4.83. The fourth-order valence-electron chi connectivity index (χ4n) is 2.45. The maximum absolute atomic E-state index is 13.4. The number of hydrogen-bond acceptors (Lipinski definition) is 2. The van der Waals surface area contributed by atoms with Crippen molar-refractivity contribution in [2.45, 2.75) is 6.42 Å². The van der Waals surface area contributed by atoms with Crippen molar-refractivity contribution in [3.05, 3.63) is 76.0 Å². The predicted molar refractivity (Wildman–Crippen MR) is 80.3 cm³/mol. The first kappa shape index (κ1) is 13.4. The standard InChI is InChI=1S/C17H14FNO2/c1-21-16-9-11(6-7-15(16)18)8-12-10-19-17(20)14-5-3-2-4-13(12)14/h2-7,9-10H,8H2,1H3,(H,19,20). The number of hydrogen-bond donors (Lipinski definition) is 1. The van der Waals surface area contributed by atoms with Crippen LogP contribution in [0.4, 0.5) is 4.39 Å². The van der Waals surface area contributed by atoms with Crippen LogP contribution in [0.3, 0.4) is 0 Å². The molecule has 1 heterocycles. The third-order valence-corrected chi connectivity index (χ3v) is 3.51. The van der Waals surface area contributed by atoms with Gasteiger partial charge in [-0.05, 0) is 41.1 Å². The lowest BCUT2D eigenvalue weighted by atomic mass is 10.0. The number of H-pyrrole nitrogens is 1. The molecule has 0 aliphatic heterocycles. The zero-order valence-corrected chi connectivity index (χ0v) is 11.5. The summed E-state index contributed by atoms with van der Waals surface area (Å²) in [6, 6.07) is 12.2. The quantitative estimate of drug-likeness (QED) is 0.801. The molecule has 1 aromatic heterocycles. The maximum Gasteiger partial charge on any atom is 0.255 e. The lowest BCUT2D eigenvalue weighted by Gasteiger charge is -2.08. The Morgan fingerprint density at radius 3 is 2.67 bits per heavy atom. The smallest absolute Gasteiger partial charge is 0.255 e. The van der Waals surface area contributed by atoms with Crippen LogP contribution in [0.15, 0.2) is 53.5 Å². The van der Waals surface area contributed by atoms with E-state index in [1.54, 1.807) is 24.4 Å². The van der Waals surface area contributed by atoms with E-state index in [-0.39, 0.29) is 17.1 Å². The van der Waals surface area contributed by atoms with Gasteiger partial charge in [0.25, 0.3) is 5.56 Å². The third-order valence-electron chi connectivity index (χ3n) is 3.51. The van der Waals surface area contributed by atoms with E-state index in [4.69, 9.17) is 4.74 Å². The van der Waals surface area contributed by atoms with Crippen LogP contribution in [0.5, 0.6) is 5.75 Å². The molecule has 0 aliphatic carbocycles. The zero-order valence-electron chi connectivity index (χ0n) is 11.5. The summed E-state index contributed by atoms with van der Waals surface area (Å²) in [5.74, 6) is -0.159. The zero-order chi connectivity index (χ0) is 14.8. The van der Waals surface area contributed by atoms with E-state index in [0.717, 1.165) is 16.5 Å². The van der Waals surface area contributed by atoms with Crippen molar-refractivity contribution in [2.75, 3.05) is 7.11 Å². The van der Waals surface area contributed by atoms with Crippen molar-refractivity contribution in [3.63, 3.8) is 0 Å². The predicted octanol–water partition coefficient (Wildman–Crippen LogP) is 3.27. The molecule has 0 radical (unpaired) electrons. The van der Waals surface area contributed by atoms with Gasteiger partial charge >= 0.3 is 0 Å². The van der Waals surface area contributed by atoms with Crippen LogP contribution < -0.4 is 10.3 Å². The van der Waals surface area contributed by atoms with E-state index in [1.807, 2.05) is 18.2 Å².